The van der Waals surface area contributed by atoms with Crippen LogP contribution in [0.2, 0.25) is 0 Å². The van der Waals surface area contributed by atoms with Crippen LogP contribution in [0.3, 0.4) is 0 Å². The molecule has 0 aromatic rings. The third-order valence-electron chi connectivity index (χ3n) is 2.78. The van der Waals surface area contributed by atoms with Gasteiger partial charge in [-0.25, -0.2) is 0 Å². The predicted molar refractivity (Wildman–Crippen MR) is 55.3 cm³/mol. The maximum Gasteiger partial charge on any atom is 0.222 e. The first kappa shape index (κ1) is 12.5. The van der Waals surface area contributed by atoms with Crippen LogP contribution >= 0.6 is 0 Å². The van der Waals surface area contributed by atoms with Crippen LogP contribution in [-0.4, -0.2) is 11.4 Å². The smallest absolute Gasteiger partial charge is 0.222 e. The average Bonchev–Trinajstić information content (AvgIpc) is 2.44. The van der Waals surface area contributed by atoms with Gasteiger partial charge in [-0.1, -0.05) is 0 Å². The molecule has 1 atom stereocenters. The van der Waals surface area contributed by atoms with Crippen LogP contribution in [0.4, 0.5) is 0 Å². The summed E-state index contributed by atoms with van der Waals surface area (Å²) in [5.74, 6) is -0.520. The Balaban J connectivity index is 3.44. The van der Waals surface area contributed by atoms with Gasteiger partial charge in [-0.2, -0.15) is 15.8 Å². The second kappa shape index (κ2) is 3.81. The molecular formula is C11H10N4O2. The van der Waals surface area contributed by atoms with Crippen LogP contribution in [0.1, 0.15) is 20.3 Å². The normalized spacial score (nSPS) is 25.4. The highest BCUT2D eigenvalue weighted by molar-refractivity contribution is 5.77. The highest BCUT2D eigenvalue weighted by Crippen LogP contribution is 2.49. The van der Waals surface area contributed by atoms with Gasteiger partial charge in [0.1, 0.15) is 17.4 Å². The molecule has 6 nitrogen and oxygen atoms in total. The molecule has 1 rings (SSSR count). The number of nitrogens with two attached hydrogens (primary N) is 1. The van der Waals surface area contributed by atoms with Crippen molar-refractivity contribution in [2.75, 3.05) is 0 Å². The van der Waals surface area contributed by atoms with Gasteiger partial charge in [0, 0.05) is 6.42 Å². The Morgan fingerprint density at radius 1 is 1.41 bits per heavy atom. The van der Waals surface area contributed by atoms with Crippen molar-refractivity contribution < 1.29 is 9.53 Å². The van der Waals surface area contributed by atoms with Gasteiger partial charge >= 0.3 is 0 Å². The topological polar surface area (TPSA) is 124 Å². The molecule has 6 heteroatoms. The molecule has 0 aromatic carbocycles. The number of rotatable bonds is 2. The lowest BCUT2D eigenvalue weighted by Gasteiger charge is -2.31. The summed E-state index contributed by atoms with van der Waals surface area (Å²) in [4.78, 5) is 11.2. The molecule has 0 saturated carbocycles. The van der Waals surface area contributed by atoms with E-state index in [2.05, 4.69) is 0 Å². The summed E-state index contributed by atoms with van der Waals surface area (Å²) in [5.41, 5.74) is 2.00. The molecule has 0 saturated heterocycles. The second-order valence-electron chi connectivity index (χ2n) is 4.04. The molecule has 0 aliphatic carbocycles. The van der Waals surface area contributed by atoms with Crippen molar-refractivity contribution in [1.82, 2.24) is 0 Å². The second-order valence-corrected chi connectivity index (χ2v) is 4.04. The van der Waals surface area contributed by atoms with Crippen LogP contribution < -0.4 is 5.73 Å². The predicted octanol–water partition coefficient (Wildman–Crippen LogP) is 0.482. The molecule has 1 aliphatic rings. The van der Waals surface area contributed by atoms with E-state index in [1.54, 1.807) is 18.2 Å². The number of carbonyl (C=O) groups excluding carboxylic acids is 1. The SMILES string of the molecule is CC(=O)C[C@]1(C)OC(N)=C(C#N)C1(C#N)C#N. The molecule has 1 heterocycles. The first-order chi connectivity index (χ1) is 7.86. The van der Waals surface area contributed by atoms with Crippen molar-refractivity contribution in [2.45, 2.75) is 25.9 Å². The first-order valence-electron chi connectivity index (χ1n) is 4.78. The van der Waals surface area contributed by atoms with Crippen molar-refractivity contribution >= 4 is 5.78 Å². The van der Waals surface area contributed by atoms with Crippen molar-refractivity contribution in [3.63, 3.8) is 0 Å². The van der Waals surface area contributed by atoms with E-state index in [4.69, 9.17) is 15.7 Å². The van der Waals surface area contributed by atoms with Crippen LogP contribution in [0.15, 0.2) is 11.5 Å². The maximum atomic E-state index is 11.2. The lowest BCUT2D eigenvalue weighted by Crippen LogP contribution is -2.44. The molecule has 0 bridgehead atoms. The van der Waals surface area contributed by atoms with E-state index in [1.807, 2.05) is 0 Å². The van der Waals surface area contributed by atoms with Gasteiger partial charge < -0.3 is 10.5 Å². The van der Waals surface area contributed by atoms with Crippen LogP contribution in [0.5, 0.6) is 0 Å². The summed E-state index contributed by atoms with van der Waals surface area (Å²) in [5, 5.41) is 27.3. The number of nitriles is 3. The van der Waals surface area contributed by atoms with Gasteiger partial charge in [0.05, 0.1) is 12.1 Å². The molecule has 0 aromatic heterocycles. The quantitative estimate of drug-likeness (QED) is 0.735. The van der Waals surface area contributed by atoms with Crippen LogP contribution in [0.25, 0.3) is 0 Å². The highest BCUT2D eigenvalue weighted by Gasteiger charge is 2.61. The van der Waals surface area contributed by atoms with Gasteiger partial charge in [-0.3, -0.25) is 4.79 Å². The van der Waals surface area contributed by atoms with E-state index in [1.165, 1.54) is 13.8 Å². The number of hydrogen-bond donors (Lipinski definition) is 1. The fraction of sp³-hybridized carbons (Fsp3) is 0.455. The largest absolute Gasteiger partial charge is 0.469 e. The Morgan fingerprint density at radius 2 is 1.94 bits per heavy atom. The van der Waals surface area contributed by atoms with Gasteiger partial charge in [-0.15, -0.1) is 0 Å². The standard InChI is InChI=1S/C11H10N4O2/c1-7(16)3-10(2)11(5-13,6-14)8(4-12)9(15)17-10/h3,15H2,1-2H3/t10-/m0/s1. The molecule has 2 N–H and O–H groups in total. The van der Waals surface area contributed by atoms with Gasteiger partial charge in [0.2, 0.25) is 11.3 Å². The zero-order chi connectivity index (χ0) is 13.3. The fourth-order valence-electron chi connectivity index (χ4n) is 1.98. The van der Waals surface area contributed by atoms with E-state index >= 15 is 0 Å². The molecule has 0 fully saturated rings. The minimum Gasteiger partial charge on any atom is -0.469 e. The highest BCUT2D eigenvalue weighted by atomic mass is 16.5. The van der Waals surface area contributed by atoms with Gasteiger partial charge in [0.25, 0.3) is 0 Å². The molecule has 0 radical (unpaired) electrons. The average molecular weight is 230 g/mol. The van der Waals surface area contributed by atoms with E-state index in [0.717, 1.165) is 0 Å². The first-order valence-corrected chi connectivity index (χ1v) is 4.78. The number of ketones is 1. The minimum atomic E-state index is -1.84. The zero-order valence-electron chi connectivity index (χ0n) is 9.44. The molecule has 1 aliphatic heterocycles. The summed E-state index contributed by atoms with van der Waals surface area (Å²) < 4.78 is 5.23. The van der Waals surface area contributed by atoms with E-state index in [0.29, 0.717) is 0 Å². The van der Waals surface area contributed by atoms with Gasteiger partial charge in [-0.05, 0) is 13.8 Å². The Labute approximate surface area is 98.5 Å². The Bertz CT molecular complexity index is 515. The van der Waals surface area contributed by atoms with Crippen molar-refractivity contribution in [1.29, 1.82) is 15.8 Å². The summed E-state index contributed by atoms with van der Waals surface area (Å²) >= 11 is 0. The van der Waals surface area contributed by atoms with E-state index < -0.39 is 11.0 Å². The lowest BCUT2D eigenvalue weighted by molar-refractivity contribution is -0.123. The Hall–Kier alpha value is -2.52. The molecule has 0 amide bonds. The number of hydrogen-bond acceptors (Lipinski definition) is 6. The van der Waals surface area contributed by atoms with E-state index in [-0.39, 0.29) is 23.7 Å². The Morgan fingerprint density at radius 3 is 2.29 bits per heavy atom. The fourth-order valence-corrected chi connectivity index (χ4v) is 1.98. The lowest BCUT2D eigenvalue weighted by atomic mass is 9.69. The van der Waals surface area contributed by atoms with Crippen LogP contribution in [0, 0.1) is 39.4 Å². The third-order valence-corrected chi connectivity index (χ3v) is 2.78. The van der Waals surface area contributed by atoms with Crippen molar-refractivity contribution in [2.24, 2.45) is 11.1 Å². The monoisotopic (exact) mass is 230 g/mol. The van der Waals surface area contributed by atoms with Crippen molar-refractivity contribution in [3.8, 4) is 18.2 Å². The minimum absolute atomic E-state index is 0.167. The zero-order valence-corrected chi connectivity index (χ0v) is 9.44. The van der Waals surface area contributed by atoms with Gasteiger partial charge in [0.15, 0.2) is 5.60 Å². The molecule has 86 valence electrons. The summed E-state index contributed by atoms with van der Waals surface area (Å²) in [6.07, 6.45) is -0.167. The molecule has 0 spiro atoms. The molecule has 0 unspecified atom stereocenters. The number of nitrogens with zero attached hydrogens (tertiary/aromatic N) is 3. The van der Waals surface area contributed by atoms with Crippen LogP contribution in [-0.2, 0) is 9.53 Å². The maximum absolute atomic E-state index is 11.2. The third kappa shape index (κ3) is 1.49. The van der Waals surface area contributed by atoms with Crippen molar-refractivity contribution in [3.05, 3.63) is 11.5 Å². The number of ether oxygens (including phenoxy) is 1. The molecule has 17 heavy (non-hydrogen) atoms. The molecular weight excluding hydrogens is 220 g/mol. The number of Topliss-reactive ketones (excluding diaryl/α,β-unsaturated/α-hetero) is 1. The summed E-state index contributed by atoms with van der Waals surface area (Å²) in [6, 6.07) is 5.22. The summed E-state index contributed by atoms with van der Waals surface area (Å²) in [6.45, 7) is 2.74. The summed E-state index contributed by atoms with van der Waals surface area (Å²) in [7, 11) is 0. The van der Waals surface area contributed by atoms with E-state index in [9.17, 15) is 15.3 Å². The number of carbonyl (C=O) groups is 1. The Kier molecular flexibility index (Phi) is 2.81.